The lowest BCUT2D eigenvalue weighted by molar-refractivity contribution is 0.149. The number of nitrogens with one attached hydrogen (secondary N) is 1. The Hall–Kier alpha value is -0.820. The van der Waals surface area contributed by atoms with E-state index in [1.54, 1.807) is 11.1 Å². The van der Waals surface area contributed by atoms with Crippen LogP contribution in [-0.4, -0.2) is 7.05 Å². The average molecular weight is 271 g/mol. The van der Waals surface area contributed by atoms with Crippen LogP contribution in [0.15, 0.2) is 24.3 Å². The van der Waals surface area contributed by atoms with Crippen molar-refractivity contribution in [3.8, 4) is 0 Å². The van der Waals surface area contributed by atoms with E-state index >= 15 is 0 Å². The van der Waals surface area contributed by atoms with Crippen LogP contribution in [0, 0.1) is 5.41 Å². The van der Waals surface area contributed by atoms with Gasteiger partial charge in [-0.3, -0.25) is 0 Å². The molecule has 0 saturated heterocycles. The van der Waals surface area contributed by atoms with Crippen LogP contribution < -0.4 is 5.32 Å². The zero-order valence-electron chi connectivity index (χ0n) is 13.1. The highest BCUT2D eigenvalue weighted by molar-refractivity contribution is 5.35. The summed E-state index contributed by atoms with van der Waals surface area (Å²) in [6.07, 6.45) is 11.2. The first-order valence-electron chi connectivity index (χ1n) is 8.51. The molecule has 0 aliphatic heterocycles. The third kappa shape index (κ3) is 2.53. The van der Waals surface area contributed by atoms with Gasteiger partial charge in [0, 0.05) is 6.04 Å². The van der Waals surface area contributed by atoms with Crippen molar-refractivity contribution in [1.82, 2.24) is 5.32 Å². The molecule has 1 aromatic rings. The van der Waals surface area contributed by atoms with Gasteiger partial charge in [-0.15, -0.1) is 0 Å². The van der Waals surface area contributed by atoms with Gasteiger partial charge in [-0.1, -0.05) is 56.9 Å². The van der Waals surface area contributed by atoms with E-state index in [9.17, 15) is 0 Å². The number of benzene rings is 1. The first-order valence-corrected chi connectivity index (χ1v) is 8.51. The van der Waals surface area contributed by atoms with Gasteiger partial charge in [-0.05, 0) is 55.2 Å². The molecular formula is C19H29N. The lowest BCUT2D eigenvalue weighted by Gasteiger charge is -2.43. The van der Waals surface area contributed by atoms with Gasteiger partial charge in [0.2, 0.25) is 0 Å². The number of rotatable bonds is 4. The van der Waals surface area contributed by atoms with Crippen molar-refractivity contribution in [2.24, 2.45) is 5.41 Å². The van der Waals surface area contributed by atoms with E-state index in [2.05, 4.69) is 43.6 Å². The minimum absolute atomic E-state index is 0.437. The third-order valence-electron chi connectivity index (χ3n) is 5.83. The summed E-state index contributed by atoms with van der Waals surface area (Å²) in [5, 5.41) is 3.67. The van der Waals surface area contributed by atoms with Crippen LogP contribution in [0.4, 0.5) is 0 Å². The highest BCUT2D eigenvalue weighted by Gasteiger charge is 2.37. The van der Waals surface area contributed by atoms with Crippen molar-refractivity contribution in [2.75, 3.05) is 7.05 Å². The monoisotopic (exact) mass is 271 g/mol. The van der Waals surface area contributed by atoms with Gasteiger partial charge in [-0.2, -0.15) is 0 Å². The van der Waals surface area contributed by atoms with Crippen LogP contribution in [0.3, 0.4) is 0 Å². The van der Waals surface area contributed by atoms with Crippen LogP contribution in [0.25, 0.3) is 0 Å². The van der Waals surface area contributed by atoms with Gasteiger partial charge in [0.25, 0.3) is 0 Å². The Morgan fingerprint density at radius 1 is 1.05 bits per heavy atom. The van der Waals surface area contributed by atoms with Crippen LogP contribution in [0.1, 0.15) is 81.4 Å². The Morgan fingerprint density at radius 3 is 2.35 bits per heavy atom. The van der Waals surface area contributed by atoms with Gasteiger partial charge >= 0.3 is 0 Å². The quantitative estimate of drug-likeness (QED) is 0.795. The highest BCUT2D eigenvalue weighted by Crippen LogP contribution is 2.48. The standard InChI is InChI=1S/C19H29N/c1-19(13-6-3-7-14-19)18(20-2)17-12-5-4-11-16(17)15-9-8-10-15/h4-5,11-12,15,18,20H,3,6-10,13-14H2,1-2H3. The van der Waals surface area contributed by atoms with Gasteiger partial charge in [0.1, 0.15) is 0 Å². The fraction of sp³-hybridized carbons (Fsp3) is 0.684. The second-order valence-corrected chi connectivity index (χ2v) is 7.19. The molecule has 0 spiro atoms. The van der Waals surface area contributed by atoms with Crippen LogP contribution >= 0.6 is 0 Å². The summed E-state index contributed by atoms with van der Waals surface area (Å²) in [4.78, 5) is 0. The lowest BCUT2D eigenvalue weighted by atomic mass is 9.66. The van der Waals surface area contributed by atoms with Gasteiger partial charge in [0.05, 0.1) is 0 Å². The first kappa shape index (κ1) is 14.1. The molecule has 2 aliphatic rings. The van der Waals surface area contributed by atoms with E-state index in [0.717, 1.165) is 5.92 Å². The minimum atomic E-state index is 0.437. The predicted molar refractivity (Wildman–Crippen MR) is 86.0 cm³/mol. The van der Waals surface area contributed by atoms with Crippen molar-refractivity contribution in [3.05, 3.63) is 35.4 Å². The molecule has 1 aromatic carbocycles. The smallest absolute Gasteiger partial charge is 0.0374 e. The Bertz CT molecular complexity index is 441. The summed E-state index contributed by atoms with van der Waals surface area (Å²) in [6.45, 7) is 2.50. The maximum Gasteiger partial charge on any atom is 0.0374 e. The number of hydrogen-bond acceptors (Lipinski definition) is 1. The summed E-state index contributed by atoms with van der Waals surface area (Å²) in [7, 11) is 2.15. The molecule has 2 aliphatic carbocycles. The van der Waals surface area contributed by atoms with E-state index in [-0.39, 0.29) is 0 Å². The fourth-order valence-electron chi connectivity index (χ4n) is 4.39. The molecule has 1 atom stereocenters. The molecule has 0 aromatic heterocycles. The second-order valence-electron chi connectivity index (χ2n) is 7.19. The van der Waals surface area contributed by atoms with Crippen molar-refractivity contribution in [1.29, 1.82) is 0 Å². The second kappa shape index (κ2) is 5.89. The van der Waals surface area contributed by atoms with Crippen LogP contribution in [0.2, 0.25) is 0 Å². The molecule has 2 fully saturated rings. The van der Waals surface area contributed by atoms with Gasteiger partial charge < -0.3 is 5.32 Å². The lowest BCUT2D eigenvalue weighted by Crippen LogP contribution is -2.37. The molecule has 1 heteroatoms. The Labute approximate surface area is 124 Å². The SMILES string of the molecule is CNC(c1ccccc1C1CCC1)C1(C)CCCCC1. The minimum Gasteiger partial charge on any atom is -0.313 e. The van der Waals surface area contributed by atoms with Gasteiger partial charge in [0.15, 0.2) is 0 Å². The van der Waals surface area contributed by atoms with E-state index in [1.165, 1.54) is 51.4 Å². The Balaban J connectivity index is 1.92. The topological polar surface area (TPSA) is 12.0 Å². The maximum atomic E-state index is 3.67. The molecule has 1 N–H and O–H groups in total. The molecule has 0 bridgehead atoms. The molecule has 1 unspecified atom stereocenters. The molecule has 3 rings (SSSR count). The molecule has 2 saturated carbocycles. The Kier molecular flexibility index (Phi) is 4.16. The maximum absolute atomic E-state index is 3.67. The van der Waals surface area contributed by atoms with Crippen molar-refractivity contribution in [3.63, 3.8) is 0 Å². The van der Waals surface area contributed by atoms with Gasteiger partial charge in [-0.25, -0.2) is 0 Å². The zero-order chi connectivity index (χ0) is 14.0. The predicted octanol–water partition coefficient (Wildman–Crippen LogP) is 5.19. The molecule has 1 nitrogen and oxygen atoms in total. The molecule has 110 valence electrons. The first-order chi connectivity index (χ1) is 9.74. The van der Waals surface area contributed by atoms with Crippen molar-refractivity contribution in [2.45, 2.75) is 70.3 Å². The third-order valence-corrected chi connectivity index (χ3v) is 5.83. The van der Waals surface area contributed by atoms with Crippen LogP contribution in [0.5, 0.6) is 0 Å². The molecular weight excluding hydrogens is 242 g/mol. The summed E-state index contributed by atoms with van der Waals surface area (Å²) in [5.74, 6) is 0.828. The largest absolute Gasteiger partial charge is 0.313 e. The zero-order valence-corrected chi connectivity index (χ0v) is 13.1. The van der Waals surface area contributed by atoms with E-state index in [0.29, 0.717) is 11.5 Å². The average Bonchev–Trinajstić information content (AvgIpc) is 2.40. The molecule has 20 heavy (non-hydrogen) atoms. The van der Waals surface area contributed by atoms with Crippen molar-refractivity contribution < 1.29 is 0 Å². The van der Waals surface area contributed by atoms with Crippen LogP contribution in [-0.2, 0) is 0 Å². The van der Waals surface area contributed by atoms with E-state index in [1.807, 2.05) is 0 Å². The van der Waals surface area contributed by atoms with E-state index in [4.69, 9.17) is 0 Å². The summed E-state index contributed by atoms with van der Waals surface area (Å²) in [5.41, 5.74) is 3.65. The van der Waals surface area contributed by atoms with Crippen molar-refractivity contribution >= 4 is 0 Å². The molecule has 0 radical (unpaired) electrons. The number of hydrogen-bond donors (Lipinski definition) is 1. The summed E-state index contributed by atoms with van der Waals surface area (Å²) < 4.78 is 0. The Morgan fingerprint density at radius 2 is 1.75 bits per heavy atom. The normalized spacial score (nSPS) is 24.1. The van der Waals surface area contributed by atoms with E-state index < -0.39 is 0 Å². The fourth-order valence-corrected chi connectivity index (χ4v) is 4.39. The molecule has 0 amide bonds. The summed E-state index contributed by atoms with van der Waals surface area (Å²) in [6, 6.07) is 9.76. The highest BCUT2D eigenvalue weighted by atomic mass is 14.9. The summed E-state index contributed by atoms with van der Waals surface area (Å²) >= 11 is 0. The molecule has 0 heterocycles.